The van der Waals surface area contributed by atoms with Gasteiger partial charge in [0.15, 0.2) is 5.89 Å². The molecule has 0 aliphatic heterocycles. The summed E-state index contributed by atoms with van der Waals surface area (Å²) in [5.41, 5.74) is 1.99. The van der Waals surface area contributed by atoms with Crippen molar-refractivity contribution in [3.05, 3.63) is 47.2 Å². The van der Waals surface area contributed by atoms with E-state index in [1.54, 1.807) is 6.92 Å². The lowest BCUT2D eigenvalue weighted by Gasteiger charge is -2.17. The van der Waals surface area contributed by atoms with Gasteiger partial charge in [-0.1, -0.05) is 38.3 Å². The number of rotatable bonds is 8. The fourth-order valence-electron chi connectivity index (χ4n) is 3.63. The number of ether oxygens (including phenoxy) is 1. The van der Waals surface area contributed by atoms with Gasteiger partial charge in [0, 0.05) is 12.3 Å². The maximum absolute atomic E-state index is 10.9. The number of aromatic nitrogens is 1. The first kappa shape index (κ1) is 19.5. The Morgan fingerprint density at radius 2 is 1.96 bits per heavy atom. The van der Waals surface area contributed by atoms with Crippen molar-refractivity contribution in [3.63, 3.8) is 0 Å². The molecular formula is C22H29NO4. The van der Waals surface area contributed by atoms with Gasteiger partial charge >= 0.3 is 5.97 Å². The number of carbonyl (C=O) groups is 1. The van der Waals surface area contributed by atoms with Gasteiger partial charge in [-0.25, -0.2) is 4.98 Å². The molecule has 146 valence electrons. The van der Waals surface area contributed by atoms with Crippen LogP contribution in [-0.4, -0.2) is 22.7 Å². The number of benzene rings is 1. The van der Waals surface area contributed by atoms with Crippen LogP contribution in [0.4, 0.5) is 0 Å². The van der Waals surface area contributed by atoms with Crippen molar-refractivity contribution in [2.24, 2.45) is 5.92 Å². The molecule has 5 heteroatoms. The Balaban J connectivity index is 1.49. The number of hydrogen-bond acceptors (Lipinski definition) is 4. The van der Waals surface area contributed by atoms with Crippen molar-refractivity contribution < 1.29 is 19.1 Å². The van der Waals surface area contributed by atoms with Crippen LogP contribution in [0, 0.1) is 12.8 Å². The third kappa shape index (κ3) is 5.34. The average Bonchev–Trinajstić information content (AvgIpc) is 3.04. The summed E-state index contributed by atoms with van der Waals surface area (Å²) < 4.78 is 11.7. The summed E-state index contributed by atoms with van der Waals surface area (Å²) in [6.45, 7) is 4.24. The van der Waals surface area contributed by atoms with Gasteiger partial charge in [0.25, 0.3) is 0 Å². The molecule has 1 heterocycles. The van der Waals surface area contributed by atoms with E-state index >= 15 is 0 Å². The molecule has 0 saturated heterocycles. The van der Waals surface area contributed by atoms with Gasteiger partial charge in [-0.2, -0.15) is 0 Å². The van der Waals surface area contributed by atoms with E-state index < -0.39 is 5.97 Å². The summed E-state index contributed by atoms with van der Waals surface area (Å²) in [6, 6.07) is 7.65. The summed E-state index contributed by atoms with van der Waals surface area (Å²) in [4.78, 5) is 15.7. The number of nitrogens with zero attached hydrogens (tertiary/aromatic N) is 1. The zero-order valence-electron chi connectivity index (χ0n) is 16.2. The molecule has 2 aromatic rings. The van der Waals surface area contributed by atoms with Gasteiger partial charge in [0.2, 0.25) is 0 Å². The van der Waals surface area contributed by atoms with Crippen LogP contribution in [-0.2, 0) is 17.6 Å². The molecule has 1 N–H and O–H groups in total. The van der Waals surface area contributed by atoms with Crippen molar-refractivity contribution in [3.8, 4) is 5.75 Å². The molecule has 1 saturated carbocycles. The normalized spacial score (nSPS) is 16.2. The number of hydrogen-bond donors (Lipinski definition) is 1. The van der Waals surface area contributed by atoms with Crippen LogP contribution in [0.25, 0.3) is 0 Å². The Morgan fingerprint density at radius 3 is 2.63 bits per heavy atom. The van der Waals surface area contributed by atoms with E-state index in [4.69, 9.17) is 19.2 Å². The lowest BCUT2D eigenvalue weighted by atomic mass is 9.89. The Hall–Kier alpha value is -2.30. The maximum atomic E-state index is 10.9. The van der Waals surface area contributed by atoms with Crippen molar-refractivity contribution in [1.82, 2.24) is 4.98 Å². The minimum absolute atomic E-state index is 0.384. The fourth-order valence-corrected chi connectivity index (χ4v) is 3.63. The van der Waals surface area contributed by atoms with Crippen LogP contribution < -0.4 is 4.74 Å². The van der Waals surface area contributed by atoms with Crippen LogP contribution in [0.2, 0.25) is 0 Å². The van der Waals surface area contributed by atoms with Crippen molar-refractivity contribution in [1.29, 1.82) is 0 Å². The van der Waals surface area contributed by atoms with Crippen LogP contribution in [0.15, 0.2) is 28.7 Å². The first-order valence-corrected chi connectivity index (χ1v) is 9.93. The first-order valence-electron chi connectivity index (χ1n) is 9.93. The van der Waals surface area contributed by atoms with Gasteiger partial charge in [-0.3, -0.25) is 4.79 Å². The largest absolute Gasteiger partial charge is 0.493 e. The van der Waals surface area contributed by atoms with E-state index in [0.29, 0.717) is 18.9 Å². The zero-order chi connectivity index (χ0) is 19.2. The second-order valence-corrected chi connectivity index (χ2v) is 7.58. The third-order valence-electron chi connectivity index (χ3n) is 5.36. The smallest absolute Gasteiger partial charge is 0.306 e. The monoisotopic (exact) mass is 371 g/mol. The number of aliphatic carboxylic acids is 1. The molecule has 1 fully saturated rings. The average molecular weight is 371 g/mol. The van der Waals surface area contributed by atoms with Gasteiger partial charge in [-0.05, 0) is 43.9 Å². The summed E-state index contributed by atoms with van der Waals surface area (Å²) in [5, 5.41) is 8.99. The highest BCUT2D eigenvalue weighted by Gasteiger charge is 2.21. The van der Waals surface area contributed by atoms with Crippen LogP contribution in [0.5, 0.6) is 5.75 Å². The Bertz CT molecular complexity index is 744. The predicted molar refractivity (Wildman–Crippen MR) is 103 cm³/mol. The van der Waals surface area contributed by atoms with Crippen LogP contribution >= 0.6 is 0 Å². The van der Waals surface area contributed by atoms with Crippen LogP contribution in [0.1, 0.15) is 67.9 Å². The van der Waals surface area contributed by atoms with Crippen molar-refractivity contribution in [2.75, 3.05) is 6.61 Å². The van der Waals surface area contributed by atoms with Gasteiger partial charge in [0.1, 0.15) is 11.5 Å². The number of aryl methyl sites for hydroxylation is 1. The molecule has 5 nitrogen and oxygen atoms in total. The lowest BCUT2D eigenvalue weighted by Crippen LogP contribution is -2.12. The number of carboxylic acid groups (broad SMARTS) is 1. The van der Waals surface area contributed by atoms with Crippen molar-refractivity contribution >= 4 is 5.97 Å². The standard InChI is InChI=1S/C22H29NO4/c1-15(22(24)25)14-17-8-10-19(11-9-17)26-13-12-20-16(2)27-21(23-20)18-6-4-3-5-7-18/h8-11,15,18H,3-7,12-14H2,1-2H3,(H,24,25). The molecular weight excluding hydrogens is 342 g/mol. The molecule has 0 radical (unpaired) electrons. The Morgan fingerprint density at radius 1 is 1.26 bits per heavy atom. The summed E-state index contributed by atoms with van der Waals surface area (Å²) in [6.07, 6.45) is 7.48. The fraction of sp³-hybridized carbons (Fsp3) is 0.545. The van der Waals surface area contributed by atoms with E-state index in [-0.39, 0.29) is 5.92 Å². The molecule has 1 aromatic heterocycles. The van der Waals surface area contributed by atoms with Gasteiger partial charge in [-0.15, -0.1) is 0 Å². The molecule has 0 bridgehead atoms. The highest BCUT2D eigenvalue weighted by molar-refractivity contribution is 5.69. The molecule has 3 rings (SSSR count). The van der Waals surface area contributed by atoms with E-state index in [2.05, 4.69) is 0 Å². The summed E-state index contributed by atoms with van der Waals surface area (Å²) in [5.74, 6) is 1.91. The number of carboxylic acids is 1. The van der Waals surface area contributed by atoms with Crippen LogP contribution in [0.3, 0.4) is 0 Å². The summed E-state index contributed by atoms with van der Waals surface area (Å²) >= 11 is 0. The van der Waals surface area contributed by atoms with E-state index in [1.807, 2.05) is 31.2 Å². The second kappa shape index (κ2) is 9.07. The quantitative estimate of drug-likeness (QED) is 0.713. The molecule has 0 amide bonds. The minimum atomic E-state index is -0.772. The third-order valence-corrected chi connectivity index (χ3v) is 5.36. The predicted octanol–water partition coefficient (Wildman–Crippen LogP) is 4.92. The molecule has 0 spiro atoms. The van der Waals surface area contributed by atoms with E-state index in [1.165, 1.54) is 32.1 Å². The second-order valence-electron chi connectivity index (χ2n) is 7.58. The highest BCUT2D eigenvalue weighted by atomic mass is 16.5. The highest BCUT2D eigenvalue weighted by Crippen LogP contribution is 2.33. The van der Waals surface area contributed by atoms with E-state index in [9.17, 15) is 4.79 Å². The molecule has 1 aliphatic carbocycles. The molecule has 1 unspecified atom stereocenters. The zero-order valence-corrected chi connectivity index (χ0v) is 16.2. The molecule has 1 aliphatic rings. The minimum Gasteiger partial charge on any atom is -0.493 e. The van der Waals surface area contributed by atoms with Crippen molar-refractivity contribution in [2.45, 2.75) is 64.7 Å². The molecule has 27 heavy (non-hydrogen) atoms. The summed E-state index contributed by atoms with van der Waals surface area (Å²) in [7, 11) is 0. The molecule has 1 aromatic carbocycles. The Labute approximate surface area is 160 Å². The number of oxazole rings is 1. The van der Waals surface area contributed by atoms with Gasteiger partial charge in [0.05, 0.1) is 18.2 Å². The van der Waals surface area contributed by atoms with Gasteiger partial charge < -0.3 is 14.3 Å². The molecule has 1 atom stereocenters. The lowest BCUT2D eigenvalue weighted by molar-refractivity contribution is -0.141. The topological polar surface area (TPSA) is 72.6 Å². The SMILES string of the molecule is Cc1oc(C2CCCCC2)nc1CCOc1ccc(CC(C)C(=O)O)cc1. The van der Waals surface area contributed by atoms with E-state index in [0.717, 1.165) is 35.1 Å². The Kier molecular flexibility index (Phi) is 6.54. The maximum Gasteiger partial charge on any atom is 0.306 e. The first-order chi connectivity index (χ1) is 13.0.